The third-order valence-corrected chi connectivity index (χ3v) is 16.9. The van der Waals surface area contributed by atoms with Crippen LogP contribution in [0.3, 0.4) is 0 Å². The van der Waals surface area contributed by atoms with Crippen molar-refractivity contribution in [1.82, 2.24) is 0 Å². The summed E-state index contributed by atoms with van der Waals surface area (Å²) >= 11 is 0. The third kappa shape index (κ3) is 32.6. The van der Waals surface area contributed by atoms with Crippen molar-refractivity contribution in [2.75, 3.05) is 33.0 Å². The van der Waals surface area contributed by atoms with Gasteiger partial charge in [-0.2, -0.15) is 0 Å². The van der Waals surface area contributed by atoms with Crippen molar-refractivity contribution in [1.29, 1.82) is 0 Å². The molecule has 3 aromatic rings. The van der Waals surface area contributed by atoms with Crippen molar-refractivity contribution in [3.63, 3.8) is 0 Å². The summed E-state index contributed by atoms with van der Waals surface area (Å²) in [6.45, 7) is 28.2. The van der Waals surface area contributed by atoms with Gasteiger partial charge in [0, 0.05) is 20.1 Å². The molecular weight excluding hydrogens is 1010 g/mol. The molecule has 1 heterocycles. The maximum atomic E-state index is 13.1. The molecule has 0 bridgehead atoms. The Kier molecular flexibility index (Phi) is 37.0. The van der Waals surface area contributed by atoms with E-state index in [1.54, 1.807) is 0 Å². The summed E-state index contributed by atoms with van der Waals surface area (Å²) in [6, 6.07) is 30.2. The Bertz CT molecular complexity index is 1950. The van der Waals surface area contributed by atoms with Crippen LogP contribution >= 0.6 is 0 Å². The molecule has 460 valence electrons. The zero-order chi connectivity index (χ0) is 58.5. The molecule has 12 atom stereocenters. The maximum Gasteiger partial charge on any atom is 0.303 e. The minimum absolute atomic E-state index is 0.174. The second-order valence-electron chi connectivity index (χ2n) is 26.1. The van der Waals surface area contributed by atoms with Gasteiger partial charge in [-0.25, -0.2) is 0 Å². The predicted molar refractivity (Wildman–Crippen MR) is 334 cm³/mol. The third-order valence-electron chi connectivity index (χ3n) is 16.9. The summed E-state index contributed by atoms with van der Waals surface area (Å²) in [5, 5.41) is 0. The molecule has 0 unspecified atom stereocenters. The van der Waals surface area contributed by atoms with Crippen molar-refractivity contribution < 1.29 is 42.7 Å². The van der Waals surface area contributed by atoms with E-state index < -0.39 is 36.7 Å². The number of benzene rings is 3. The second kappa shape index (κ2) is 42.6. The first kappa shape index (κ1) is 70.3. The highest BCUT2D eigenvalue weighted by Gasteiger charge is 2.50. The molecule has 0 amide bonds. The fourth-order valence-corrected chi connectivity index (χ4v) is 11.4. The molecule has 0 saturated carbocycles. The fraction of sp³-hybridized carbons (Fsp3) is 0.736. The topological polar surface area (TPSA) is 90.9 Å². The summed E-state index contributed by atoms with van der Waals surface area (Å²) in [7, 11) is 0. The van der Waals surface area contributed by atoms with Gasteiger partial charge in [0.1, 0.15) is 24.4 Å². The lowest BCUT2D eigenvalue weighted by molar-refractivity contribution is -0.324. The summed E-state index contributed by atoms with van der Waals surface area (Å²) < 4.78 is 53.0. The van der Waals surface area contributed by atoms with E-state index in [2.05, 4.69) is 69.2 Å². The molecule has 9 nitrogen and oxygen atoms in total. The second-order valence-corrected chi connectivity index (χ2v) is 26.1. The van der Waals surface area contributed by atoms with Crippen LogP contribution in [0.5, 0.6) is 0 Å². The van der Waals surface area contributed by atoms with Gasteiger partial charge in [-0.15, -0.1) is 0 Å². The highest BCUT2D eigenvalue weighted by molar-refractivity contribution is 5.66. The average molecular weight is 1130 g/mol. The van der Waals surface area contributed by atoms with Gasteiger partial charge in [0.2, 0.25) is 0 Å². The largest absolute Gasteiger partial charge is 0.454 e. The number of carbonyl (C=O) groups excluding carboxylic acids is 1. The fourth-order valence-electron chi connectivity index (χ4n) is 11.4. The number of esters is 1. The molecule has 0 spiro atoms. The van der Waals surface area contributed by atoms with Crippen LogP contribution in [0.4, 0.5) is 0 Å². The highest BCUT2D eigenvalue weighted by Crippen LogP contribution is 2.32. The van der Waals surface area contributed by atoms with Crippen LogP contribution in [0.25, 0.3) is 0 Å². The molecule has 0 aromatic heterocycles. The Morgan fingerprint density at radius 2 is 0.802 bits per heavy atom. The molecule has 0 N–H and O–H groups in total. The number of hydrogen-bond acceptors (Lipinski definition) is 9. The number of carbonyl (C=O) groups is 1. The Balaban J connectivity index is 1.41. The normalized spacial score (nSPS) is 20.2. The Morgan fingerprint density at radius 3 is 1.22 bits per heavy atom. The first-order chi connectivity index (χ1) is 39.1. The number of hydrogen-bond donors (Lipinski definition) is 0. The quantitative estimate of drug-likeness (QED) is 0.0405. The first-order valence-corrected chi connectivity index (χ1v) is 32.7. The van der Waals surface area contributed by atoms with Crippen LogP contribution in [0.1, 0.15) is 221 Å². The van der Waals surface area contributed by atoms with E-state index in [1.165, 1.54) is 122 Å². The van der Waals surface area contributed by atoms with E-state index in [-0.39, 0.29) is 25.9 Å². The van der Waals surface area contributed by atoms with E-state index in [9.17, 15) is 4.79 Å². The molecule has 0 radical (unpaired) electrons. The standard InChI is InChI=1S/C72H118O9/c1-55(2)27-21-29-57(5)31-23-33-59(7)35-25-37-61(9)45-47-74-52-67(76-48-46-62(10)38-26-36-60(8)34-24-32-58(6)30-22-28-56(3)4)53-79-72-71(80-63(11)73)70(78-51-66-43-19-14-20-44-66)69(77-50-65-41-17-13-18-42-65)68(81-72)54-75-49-64-39-15-12-16-40-64/h12-20,39-44,55-62,67-72H,21-38,45-54H2,1-11H3/t57-,58-,59-,60-,61-,62-,67-,68-,69-,70+,71+,72+/m1/s1. The monoisotopic (exact) mass is 1130 g/mol. The van der Waals surface area contributed by atoms with Crippen LogP contribution in [0, 0.1) is 47.3 Å². The van der Waals surface area contributed by atoms with Crippen LogP contribution in [-0.4, -0.2) is 75.8 Å². The molecular formula is C72H118O9. The molecule has 0 aliphatic carbocycles. The minimum Gasteiger partial charge on any atom is -0.454 e. The molecule has 9 heteroatoms. The molecule has 1 aliphatic heterocycles. The summed E-state index contributed by atoms with van der Waals surface area (Å²) in [5.74, 6) is 5.48. The lowest BCUT2D eigenvalue weighted by atomic mass is 9.91. The molecule has 4 rings (SSSR count). The van der Waals surface area contributed by atoms with E-state index in [4.69, 9.17) is 37.9 Å². The van der Waals surface area contributed by atoms with Gasteiger partial charge in [0.25, 0.3) is 0 Å². The van der Waals surface area contributed by atoms with Gasteiger partial charge in [0.05, 0.1) is 39.6 Å². The van der Waals surface area contributed by atoms with E-state index in [0.717, 1.165) is 65.0 Å². The van der Waals surface area contributed by atoms with Gasteiger partial charge < -0.3 is 37.9 Å². The molecule has 1 fully saturated rings. The highest BCUT2D eigenvalue weighted by atomic mass is 16.7. The minimum atomic E-state index is -1.00. The van der Waals surface area contributed by atoms with Crippen LogP contribution in [0.2, 0.25) is 0 Å². The summed E-state index contributed by atoms with van der Waals surface area (Å²) in [6.07, 6.45) is 21.3. The zero-order valence-corrected chi connectivity index (χ0v) is 53.2. The van der Waals surface area contributed by atoms with E-state index in [0.29, 0.717) is 44.9 Å². The molecule has 81 heavy (non-hydrogen) atoms. The van der Waals surface area contributed by atoms with Gasteiger partial charge in [-0.3, -0.25) is 4.79 Å². The Hall–Kier alpha value is -3.15. The van der Waals surface area contributed by atoms with Crippen molar-refractivity contribution >= 4 is 5.97 Å². The van der Waals surface area contributed by atoms with Gasteiger partial charge >= 0.3 is 5.97 Å². The van der Waals surface area contributed by atoms with Crippen LogP contribution in [-0.2, 0) is 62.5 Å². The van der Waals surface area contributed by atoms with E-state index in [1.807, 2.05) is 91.0 Å². The summed E-state index contributed by atoms with van der Waals surface area (Å²) in [5.41, 5.74) is 3.03. The summed E-state index contributed by atoms with van der Waals surface area (Å²) in [4.78, 5) is 13.1. The Morgan fingerprint density at radius 1 is 0.420 bits per heavy atom. The predicted octanol–water partition coefficient (Wildman–Crippen LogP) is 18.4. The Labute approximate surface area is 495 Å². The van der Waals surface area contributed by atoms with Gasteiger partial charge in [0.15, 0.2) is 12.4 Å². The smallest absolute Gasteiger partial charge is 0.303 e. The van der Waals surface area contributed by atoms with Crippen molar-refractivity contribution in [3.8, 4) is 0 Å². The first-order valence-electron chi connectivity index (χ1n) is 32.7. The maximum absolute atomic E-state index is 13.1. The van der Waals surface area contributed by atoms with Crippen LogP contribution in [0.15, 0.2) is 91.0 Å². The lowest BCUT2D eigenvalue weighted by Gasteiger charge is -2.45. The number of rotatable bonds is 47. The van der Waals surface area contributed by atoms with Crippen LogP contribution < -0.4 is 0 Å². The molecule has 1 saturated heterocycles. The SMILES string of the molecule is CC(=O)O[C@@H]1[C@@H](OC[C@@H](COCC[C@H](C)CCC[C@H](C)CCC[C@H](C)CCCC(C)C)OCC[C@H](C)CCC[C@H](C)CCC[C@H](C)CCCC(C)C)O[C@H](COCc2ccccc2)[C@@H](OCc2ccccc2)[C@@H]1OCc1ccccc1. The molecule has 3 aromatic carbocycles. The zero-order valence-electron chi connectivity index (χ0n) is 53.2. The molecule has 1 aliphatic rings. The van der Waals surface area contributed by atoms with Crippen molar-refractivity contribution in [2.24, 2.45) is 47.3 Å². The number of ether oxygens (including phenoxy) is 8. The van der Waals surface area contributed by atoms with Gasteiger partial charge in [-0.1, -0.05) is 276 Å². The average Bonchev–Trinajstić information content (AvgIpc) is 3.44. The van der Waals surface area contributed by atoms with E-state index >= 15 is 0 Å². The lowest BCUT2D eigenvalue weighted by Crippen LogP contribution is -2.62. The van der Waals surface area contributed by atoms with Crippen molar-refractivity contribution in [3.05, 3.63) is 108 Å². The van der Waals surface area contributed by atoms with Gasteiger partial charge in [-0.05, 0) is 76.9 Å². The van der Waals surface area contributed by atoms with Crippen molar-refractivity contribution in [2.45, 2.75) is 261 Å².